The van der Waals surface area contributed by atoms with Gasteiger partial charge in [0.2, 0.25) is 5.91 Å². The number of para-hydroxylation sites is 1. The third kappa shape index (κ3) is 2.63. The van der Waals surface area contributed by atoms with Crippen LogP contribution < -0.4 is 11.1 Å². The number of hydrogen-bond donors (Lipinski definition) is 2. The van der Waals surface area contributed by atoms with Gasteiger partial charge < -0.3 is 11.1 Å². The lowest BCUT2D eigenvalue weighted by Crippen LogP contribution is -2.51. The summed E-state index contributed by atoms with van der Waals surface area (Å²) in [5.41, 5.74) is 5.95. The second kappa shape index (κ2) is 5.08. The normalized spacial score (nSPS) is 18.6. The molecule has 0 atom stereocenters. The minimum Gasteiger partial charge on any atom is -0.370 e. The molecule has 0 unspecified atom stereocenters. The van der Waals surface area contributed by atoms with Crippen LogP contribution in [0.3, 0.4) is 0 Å². The van der Waals surface area contributed by atoms with Crippen molar-refractivity contribution in [2.24, 2.45) is 5.73 Å². The van der Waals surface area contributed by atoms with E-state index in [0.29, 0.717) is 0 Å². The van der Waals surface area contributed by atoms with E-state index in [9.17, 15) is 4.79 Å². The molecule has 92 valence electrons. The minimum atomic E-state index is -0.567. The zero-order valence-corrected chi connectivity index (χ0v) is 11.3. The fourth-order valence-corrected chi connectivity index (χ4v) is 2.79. The highest BCUT2D eigenvalue weighted by molar-refractivity contribution is 9.10. The lowest BCUT2D eigenvalue weighted by molar-refractivity contribution is -0.123. The molecule has 1 fully saturated rings. The molecule has 1 aliphatic carbocycles. The van der Waals surface area contributed by atoms with E-state index in [1.54, 1.807) is 0 Å². The smallest absolute Gasteiger partial charge is 0.243 e. The summed E-state index contributed by atoms with van der Waals surface area (Å²) in [7, 11) is 0. The van der Waals surface area contributed by atoms with Crippen LogP contribution in [0.1, 0.15) is 32.1 Å². The molecule has 17 heavy (non-hydrogen) atoms. The predicted octanol–water partition coefficient (Wildman–Crippen LogP) is 3.05. The van der Waals surface area contributed by atoms with E-state index >= 15 is 0 Å². The summed E-state index contributed by atoms with van der Waals surface area (Å²) >= 11 is 3.48. The van der Waals surface area contributed by atoms with Gasteiger partial charge in [-0.3, -0.25) is 4.79 Å². The van der Waals surface area contributed by atoms with Gasteiger partial charge in [0.15, 0.2) is 0 Å². The molecule has 0 bridgehead atoms. The molecule has 0 heterocycles. The van der Waals surface area contributed by atoms with Gasteiger partial charge in [0.05, 0.1) is 0 Å². The fourth-order valence-electron chi connectivity index (χ4n) is 2.41. The average molecular weight is 297 g/mol. The molecule has 2 rings (SSSR count). The highest BCUT2D eigenvalue weighted by atomic mass is 79.9. The molecule has 4 heteroatoms. The monoisotopic (exact) mass is 296 g/mol. The third-order valence-electron chi connectivity index (χ3n) is 3.43. The van der Waals surface area contributed by atoms with E-state index in [4.69, 9.17) is 5.73 Å². The Bertz CT molecular complexity index is 414. The van der Waals surface area contributed by atoms with Gasteiger partial charge in [0.1, 0.15) is 5.54 Å². The molecule has 0 radical (unpaired) electrons. The molecular formula is C13H17BrN2O. The fraction of sp³-hybridized carbons (Fsp3) is 0.462. The van der Waals surface area contributed by atoms with Crippen LogP contribution in [0.15, 0.2) is 28.7 Å². The first-order valence-electron chi connectivity index (χ1n) is 5.97. The van der Waals surface area contributed by atoms with Crippen molar-refractivity contribution in [3.63, 3.8) is 0 Å². The molecule has 3 nitrogen and oxygen atoms in total. The van der Waals surface area contributed by atoms with Crippen molar-refractivity contribution < 1.29 is 4.79 Å². The Kier molecular flexibility index (Phi) is 3.72. The van der Waals surface area contributed by atoms with E-state index in [1.165, 1.54) is 6.42 Å². The molecule has 1 aliphatic rings. The highest BCUT2D eigenvalue weighted by Gasteiger charge is 2.37. The second-order valence-corrected chi connectivity index (χ2v) is 5.47. The number of rotatable bonds is 3. The predicted molar refractivity (Wildman–Crippen MR) is 72.8 cm³/mol. The van der Waals surface area contributed by atoms with E-state index in [-0.39, 0.29) is 5.91 Å². The van der Waals surface area contributed by atoms with Crippen LogP contribution in [0, 0.1) is 0 Å². The maximum Gasteiger partial charge on any atom is 0.243 e. The van der Waals surface area contributed by atoms with E-state index in [2.05, 4.69) is 21.2 Å². The number of anilines is 1. The maximum absolute atomic E-state index is 11.7. The largest absolute Gasteiger partial charge is 0.370 e. The number of carbonyl (C=O) groups is 1. The Balaban J connectivity index is 2.24. The average Bonchev–Trinajstić information content (AvgIpc) is 2.33. The highest BCUT2D eigenvalue weighted by Crippen LogP contribution is 2.33. The van der Waals surface area contributed by atoms with Gasteiger partial charge in [-0.1, -0.05) is 31.4 Å². The van der Waals surface area contributed by atoms with Gasteiger partial charge in [-0.2, -0.15) is 0 Å². The third-order valence-corrected chi connectivity index (χ3v) is 4.12. The lowest BCUT2D eigenvalue weighted by Gasteiger charge is -2.36. The second-order valence-electron chi connectivity index (χ2n) is 4.61. The molecule has 3 N–H and O–H groups in total. The summed E-state index contributed by atoms with van der Waals surface area (Å²) in [4.78, 5) is 11.7. The topological polar surface area (TPSA) is 55.1 Å². The molecule has 1 aromatic carbocycles. The number of hydrogen-bond acceptors (Lipinski definition) is 2. The molecule has 0 aromatic heterocycles. The van der Waals surface area contributed by atoms with Crippen LogP contribution in [-0.2, 0) is 4.79 Å². The molecule has 0 aliphatic heterocycles. The van der Waals surface area contributed by atoms with Crippen LogP contribution in [0.4, 0.5) is 5.69 Å². The first kappa shape index (κ1) is 12.4. The summed E-state index contributed by atoms with van der Waals surface area (Å²) in [6.45, 7) is 0. The quantitative estimate of drug-likeness (QED) is 0.901. The molecule has 1 aromatic rings. The SMILES string of the molecule is NC(=O)C1(Nc2ccccc2Br)CCCCC1. The van der Waals surface area contributed by atoms with E-state index in [0.717, 1.165) is 35.8 Å². The van der Waals surface area contributed by atoms with Crippen molar-refractivity contribution in [2.45, 2.75) is 37.6 Å². The van der Waals surface area contributed by atoms with Gasteiger partial charge in [-0.15, -0.1) is 0 Å². The zero-order chi connectivity index (χ0) is 12.3. The molecule has 1 amide bonds. The van der Waals surface area contributed by atoms with Gasteiger partial charge in [-0.25, -0.2) is 0 Å². The Hall–Kier alpha value is -1.03. The maximum atomic E-state index is 11.7. The molecule has 0 saturated heterocycles. The number of primary amides is 1. The van der Waals surface area contributed by atoms with Crippen LogP contribution in [0.25, 0.3) is 0 Å². The summed E-state index contributed by atoms with van der Waals surface area (Å²) in [5.74, 6) is -0.243. The summed E-state index contributed by atoms with van der Waals surface area (Å²) in [5, 5.41) is 3.34. The Labute approximate surface area is 110 Å². The van der Waals surface area contributed by atoms with Gasteiger partial charge in [0, 0.05) is 10.2 Å². The van der Waals surface area contributed by atoms with Crippen molar-refractivity contribution in [3.8, 4) is 0 Å². The van der Waals surface area contributed by atoms with Crippen molar-refractivity contribution in [3.05, 3.63) is 28.7 Å². The zero-order valence-electron chi connectivity index (χ0n) is 9.71. The first-order chi connectivity index (χ1) is 8.14. The van der Waals surface area contributed by atoms with Gasteiger partial charge >= 0.3 is 0 Å². The Morgan fingerprint density at radius 3 is 2.47 bits per heavy atom. The number of nitrogens with one attached hydrogen (secondary N) is 1. The molecule has 1 saturated carbocycles. The van der Waals surface area contributed by atoms with Crippen molar-refractivity contribution >= 4 is 27.5 Å². The summed E-state index contributed by atoms with van der Waals surface area (Å²) in [6, 6.07) is 7.82. The molecular weight excluding hydrogens is 280 g/mol. The number of benzene rings is 1. The van der Waals surface area contributed by atoms with Gasteiger partial charge in [-0.05, 0) is 40.9 Å². The van der Waals surface area contributed by atoms with E-state index in [1.807, 2.05) is 24.3 Å². The lowest BCUT2D eigenvalue weighted by atomic mass is 9.81. The van der Waals surface area contributed by atoms with E-state index < -0.39 is 5.54 Å². The van der Waals surface area contributed by atoms with Crippen molar-refractivity contribution in [1.82, 2.24) is 0 Å². The minimum absolute atomic E-state index is 0.243. The Morgan fingerprint density at radius 1 is 1.24 bits per heavy atom. The number of amides is 1. The van der Waals surface area contributed by atoms with Crippen molar-refractivity contribution in [2.75, 3.05) is 5.32 Å². The van der Waals surface area contributed by atoms with Crippen LogP contribution >= 0.6 is 15.9 Å². The number of carbonyl (C=O) groups excluding carboxylic acids is 1. The number of nitrogens with two attached hydrogens (primary N) is 1. The Morgan fingerprint density at radius 2 is 1.88 bits per heavy atom. The van der Waals surface area contributed by atoms with Crippen molar-refractivity contribution in [1.29, 1.82) is 0 Å². The van der Waals surface area contributed by atoms with Crippen LogP contribution in [-0.4, -0.2) is 11.4 Å². The van der Waals surface area contributed by atoms with Crippen LogP contribution in [0.5, 0.6) is 0 Å². The summed E-state index contributed by atoms with van der Waals surface area (Å²) in [6.07, 6.45) is 4.95. The van der Waals surface area contributed by atoms with Crippen LogP contribution in [0.2, 0.25) is 0 Å². The standard InChI is InChI=1S/C13H17BrN2O/c14-10-6-2-3-7-11(10)16-13(12(15)17)8-4-1-5-9-13/h2-3,6-7,16H,1,4-5,8-9H2,(H2,15,17). The molecule has 0 spiro atoms. The number of halogens is 1. The summed E-state index contributed by atoms with van der Waals surface area (Å²) < 4.78 is 0.964. The first-order valence-corrected chi connectivity index (χ1v) is 6.76. The van der Waals surface area contributed by atoms with Gasteiger partial charge in [0.25, 0.3) is 0 Å².